The van der Waals surface area contributed by atoms with Crippen LogP contribution in [0.2, 0.25) is 0 Å². The summed E-state index contributed by atoms with van der Waals surface area (Å²) in [6.45, 7) is 10.4. The Bertz CT molecular complexity index is 1530. The van der Waals surface area contributed by atoms with Crippen molar-refractivity contribution < 1.29 is 9.84 Å². The van der Waals surface area contributed by atoms with Crippen LogP contribution < -0.4 is 10.3 Å². The molecule has 0 saturated heterocycles. The molecule has 37 heavy (non-hydrogen) atoms. The predicted molar refractivity (Wildman–Crippen MR) is 152 cm³/mol. The minimum atomic E-state index is -1.43. The fourth-order valence-corrected chi connectivity index (χ4v) is 4.57. The number of rotatable bonds is 3. The minimum Gasteiger partial charge on any atom is -0.489 e. The van der Waals surface area contributed by atoms with Crippen molar-refractivity contribution in [1.29, 1.82) is 0 Å². The van der Waals surface area contributed by atoms with Crippen LogP contribution in [0.25, 0.3) is 22.0 Å². The van der Waals surface area contributed by atoms with E-state index in [1.54, 1.807) is 12.3 Å². The van der Waals surface area contributed by atoms with Gasteiger partial charge in [0, 0.05) is 29.4 Å². The molecule has 1 aliphatic rings. The number of benzene rings is 3. The van der Waals surface area contributed by atoms with Crippen molar-refractivity contribution in [3.63, 3.8) is 0 Å². The lowest BCUT2D eigenvalue weighted by molar-refractivity contribution is 0.120. The molecule has 1 unspecified atom stereocenters. The third kappa shape index (κ3) is 5.27. The van der Waals surface area contributed by atoms with E-state index in [9.17, 15) is 9.90 Å². The van der Waals surface area contributed by atoms with E-state index in [0.29, 0.717) is 34.9 Å². The molecule has 190 valence electrons. The van der Waals surface area contributed by atoms with Gasteiger partial charge < -0.3 is 14.8 Å². The van der Waals surface area contributed by atoms with Crippen LogP contribution >= 0.6 is 0 Å². The van der Waals surface area contributed by atoms with Gasteiger partial charge in [0.05, 0.1) is 0 Å². The monoisotopic (exact) mass is 494 g/mol. The minimum absolute atomic E-state index is 0.183. The molecule has 0 fully saturated rings. The topological polar surface area (TPSA) is 74.7 Å². The molecule has 2 N–H and O–H groups in total. The molecule has 0 spiro atoms. The molecule has 5 rings (SSSR count). The molecule has 5 nitrogen and oxygen atoms in total. The maximum Gasteiger partial charge on any atom is 0.249 e. The number of aliphatic hydroxyl groups is 1. The number of hydrogen-bond donors (Lipinski definition) is 2. The summed E-state index contributed by atoms with van der Waals surface area (Å²) in [5.74, 6) is 1.01. The Morgan fingerprint density at radius 3 is 2.57 bits per heavy atom. The van der Waals surface area contributed by atoms with Gasteiger partial charge in [0.15, 0.2) is 0 Å². The SMILES string of the molecule is C/C(=C\N=CC(C)C)C1(O)c2cccc(c2)COc2cccc(c2)-c2cc(=O)[nH]c3ccc1cc23.CC. The van der Waals surface area contributed by atoms with Gasteiger partial charge >= 0.3 is 0 Å². The average molecular weight is 495 g/mol. The van der Waals surface area contributed by atoms with Crippen LogP contribution in [-0.2, 0) is 12.2 Å². The Hall–Kier alpha value is -3.96. The number of fused-ring (bicyclic) bond motifs is 6. The lowest BCUT2D eigenvalue weighted by atomic mass is 9.79. The van der Waals surface area contributed by atoms with Crippen molar-refractivity contribution in [2.24, 2.45) is 10.9 Å². The van der Waals surface area contributed by atoms with E-state index in [4.69, 9.17) is 4.74 Å². The zero-order valence-electron chi connectivity index (χ0n) is 22.1. The van der Waals surface area contributed by atoms with Crippen molar-refractivity contribution >= 4 is 17.1 Å². The van der Waals surface area contributed by atoms with E-state index in [-0.39, 0.29) is 5.56 Å². The van der Waals surface area contributed by atoms with E-state index in [0.717, 1.165) is 27.6 Å². The second-order valence-corrected chi connectivity index (χ2v) is 9.39. The normalized spacial score (nSPS) is 17.0. The van der Waals surface area contributed by atoms with Crippen LogP contribution in [0, 0.1) is 5.92 Å². The zero-order valence-corrected chi connectivity index (χ0v) is 22.1. The van der Waals surface area contributed by atoms with E-state index in [2.05, 4.69) is 23.8 Å². The highest BCUT2D eigenvalue weighted by Gasteiger charge is 2.34. The lowest BCUT2D eigenvalue weighted by Crippen LogP contribution is -2.29. The van der Waals surface area contributed by atoms with Crippen LogP contribution in [-0.4, -0.2) is 16.3 Å². The predicted octanol–water partition coefficient (Wildman–Crippen LogP) is 6.98. The number of aromatic nitrogens is 1. The Morgan fingerprint density at radius 1 is 1.03 bits per heavy atom. The van der Waals surface area contributed by atoms with Gasteiger partial charge in [-0.3, -0.25) is 9.79 Å². The third-order valence-electron chi connectivity index (χ3n) is 6.38. The van der Waals surface area contributed by atoms with Crippen molar-refractivity contribution in [2.75, 3.05) is 0 Å². The molecule has 4 aromatic rings. The number of aliphatic imine (C=N–C) groups is 1. The highest BCUT2D eigenvalue weighted by molar-refractivity contribution is 5.95. The summed E-state index contributed by atoms with van der Waals surface area (Å²) >= 11 is 0. The summed E-state index contributed by atoms with van der Waals surface area (Å²) in [5, 5.41) is 13.2. The number of aromatic amines is 1. The number of nitrogens with zero attached hydrogens (tertiary/aromatic N) is 1. The lowest BCUT2D eigenvalue weighted by Gasteiger charge is -2.31. The second kappa shape index (κ2) is 11.0. The van der Waals surface area contributed by atoms with E-state index in [1.807, 2.05) is 93.7 Å². The molecule has 3 aromatic carbocycles. The molecular formula is C32H34N2O3. The van der Waals surface area contributed by atoms with Gasteiger partial charge in [-0.15, -0.1) is 0 Å². The number of pyridine rings is 1. The summed E-state index contributed by atoms with van der Waals surface area (Å²) < 4.78 is 6.10. The summed E-state index contributed by atoms with van der Waals surface area (Å²) in [6, 6.07) is 22.8. The largest absolute Gasteiger partial charge is 0.489 e. The molecule has 1 aliphatic heterocycles. The maximum atomic E-state index is 12.5. The van der Waals surface area contributed by atoms with Crippen LogP contribution in [0.3, 0.4) is 0 Å². The molecule has 1 atom stereocenters. The standard InChI is InChI=1S/C30H28N2O3.C2H6/c1-19(2)16-31-17-20(3)30(34)23-8-4-6-21(12-23)18-35-25-9-5-7-22(13-25)26-15-29(33)32-28-11-10-24(30)14-27(26)28;1-2/h4-17,19,34H,18H2,1-3H3,(H,32,33);1-2H3/b20-17+,31-16?;. The number of nitrogens with one attached hydrogen (secondary N) is 1. The first-order valence-corrected chi connectivity index (χ1v) is 12.8. The Labute approximate surface area is 218 Å². The van der Waals surface area contributed by atoms with Gasteiger partial charge in [-0.2, -0.15) is 0 Å². The van der Waals surface area contributed by atoms with Gasteiger partial charge in [0.2, 0.25) is 5.56 Å². The summed E-state index contributed by atoms with van der Waals surface area (Å²) in [4.78, 5) is 19.9. The summed E-state index contributed by atoms with van der Waals surface area (Å²) in [5.41, 5.74) is 3.79. The van der Waals surface area contributed by atoms with Crippen molar-refractivity contribution in [2.45, 2.75) is 46.8 Å². The van der Waals surface area contributed by atoms with Crippen molar-refractivity contribution in [1.82, 2.24) is 4.98 Å². The van der Waals surface area contributed by atoms with Gasteiger partial charge in [0.25, 0.3) is 0 Å². The highest BCUT2D eigenvalue weighted by atomic mass is 16.5. The molecule has 0 aliphatic carbocycles. The first-order chi connectivity index (χ1) is 17.8. The zero-order chi connectivity index (χ0) is 26.6. The number of ether oxygens (including phenoxy) is 1. The van der Waals surface area contributed by atoms with Gasteiger partial charge in [-0.05, 0) is 76.6 Å². The quantitative estimate of drug-likeness (QED) is 0.302. The number of hydrogen-bond acceptors (Lipinski definition) is 4. The van der Waals surface area contributed by atoms with Crippen molar-refractivity contribution in [3.8, 4) is 16.9 Å². The molecular weight excluding hydrogens is 460 g/mol. The molecule has 0 saturated carbocycles. The first-order valence-electron chi connectivity index (χ1n) is 12.8. The van der Waals surface area contributed by atoms with Crippen molar-refractivity contribution in [3.05, 3.63) is 112 Å². The molecule has 2 heterocycles. The molecule has 1 aromatic heterocycles. The van der Waals surface area contributed by atoms with Crippen LogP contribution in [0.15, 0.2) is 94.4 Å². The molecule has 0 amide bonds. The molecule has 6 bridgehead atoms. The van der Waals surface area contributed by atoms with Crippen LogP contribution in [0.4, 0.5) is 0 Å². The van der Waals surface area contributed by atoms with Gasteiger partial charge in [-0.1, -0.05) is 64.1 Å². The highest BCUT2D eigenvalue weighted by Crippen LogP contribution is 2.40. The van der Waals surface area contributed by atoms with E-state index in [1.165, 1.54) is 0 Å². The van der Waals surface area contributed by atoms with E-state index >= 15 is 0 Å². The Kier molecular flexibility index (Phi) is 7.74. The van der Waals surface area contributed by atoms with Gasteiger partial charge in [0.1, 0.15) is 18.0 Å². The molecule has 5 heteroatoms. The molecule has 0 radical (unpaired) electrons. The second-order valence-electron chi connectivity index (χ2n) is 9.39. The summed E-state index contributed by atoms with van der Waals surface area (Å²) in [7, 11) is 0. The maximum absolute atomic E-state index is 12.5. The third-order valence-corrected chi connectivity index (χ3v) is 6.38. The Balaban J connectivity index is 0.00000156. The fourth-order valence-electron chi connectivity index (χ4n) is 4.57. The Morgan fingerprint density at radius 2 is 1.78 bits per heavy atom. The van der Waals surface area contributed by atoms with Crippen LogP contribution in [0.5, 0.6) is 5.75 Å². The average Bonchev–Trinajstić information content (AvgIpc) is 2.91. The fraction of sp³-hybridized carbons (Fsp3) is 0.250. The first kappa shape index (κ1) is 26.1. The van der Waals surface area contributed by atoms with Crippen LogP contribution in [0.1, 0.15) is 51.3 Å². The smallest absolute Gasteiger partial charge is 0.249 e. The summed E-state index contributed by atoms with van der Waals surface area (Å²) in [6.07, 6.45) is 3.58. The van der Waals surface area contributed by atoms with E-state index < -0.39 is 5.60 Å². The van der Waals surface area contributed by atoms with Gasteiger partial charge in [-0.25, -0.2) is 0 Å². The number of H-pyrrole nitrogens is 1.